The summed E-state index contributed by atoms with van der Waals surface area (Å²) in [5.74, 6) is 0.317. The molecule has 0 bridgehead atoms. The van der Waals surface area contributed by atoms with Crippen molar-refractivity contribution in [3.05, 3.63) is 60.4 Å². The van der Waals surface area contributed by atoms with Gasteiger partial charge < -0.3 is 8.75 Å². The molecule has 0 amide bonds. The van der Waals surface area contributed by atoms with Crippen molar-refractivity contribution >= 4 is 21.9 Å². The van der Waals surface area contributed by atoms with Crippen LogP contribution in [0.4, 0.5) is 4.39 Å². The molecule has 0 unspecified atom stereocenters. The molecule has 1 heterocycles. The predicted molar refractivity (Wildman–Crippen MR) is 98.0 cm³/mol. The number of para-hydroxylation sites is 1. The first kappa shape index (κ1) is 18.4. The van der Waals surface area contributed by atoms with Crippen LogP contribution in [-0.2, 0) is 17.2 Å². The summed E-state index contributed by atoms with van der Waals surface area (Å²) in [7, 11) is -2.00. The predicted octanol–water partition coefficient (Wildman–Crippen LogP) is 3.12. The second kappa shape index (κ2) is 7.88. The third-order valence-corrected chi connectivity index (χ3v) is 5.91. The second-order valence-electron chi connectivity index (χ2n) is 5.35. The maximum Gasteiger partial charge on any atom is 0.310 e. The fourth-order valence-corrected chi connectivity index (χ4v) is 4.42. The molecule has 0 radical (unpaired) electrons. The number of nitrogens with zero attached hydrogens (tertiary/aromatic N) is 3. The third kappa shape index (κ3) is 4.41. The summed E-state index contributed by atoms with van der Waals surface area (Å²) in [5, 5.41) is 8.51. The van der Waals surface area contributed by atoms with Gasteiger partial charge in [-0.15, -0.1) is 10.2 Å². The van der Waals surface area contributed by atoms with E-state index >= 15 is 0 Å². The molecule has 0 saturated carbocycles. The monoisotopic (exact) mass is 393 g/mol. The largest absolute Gasteiger partial charge is 0.382 e. The zero-order chi connectivity index (χ0) is 18.6. The highest BCUT2D eigenvalue weighted by atomic mass is 32.2. The molecular weight excluding hydrogens is 377 g/mol. The van der Waals surface area contributed by atoms with Crippen LogP contribution in [-0.4, -0.2) is 34.7 Å². The van der Waals surface area contributed by atoms with Crippen molar-refractivity contribution in [3.63, 3.8) is 0 Å². The number of benzene rings is 2. The zero-order valence-electron chi connectivity index (χ0n) is 13.9. The Labute approximate surface area is 155 Å². The Bertz CT molecular complexity index is 991. The van der Waals surface area contributed by atoms with E-state index < -0.39 is 15.9 Å². The Morgan fingerprint density at radius 3 is 2.50 bits per heavy atom. The summed E-state index contributed by atoms with van der Waals surface area (Å²) < 4.78 is 44.6. The summed E-state index contributed by atoms with van der Waals surface area (Å²) in [6.45, 7) is 0. The van der Waals surface area contributed by atoms with E-state index in [0.717, 1.165) is 0 Å². The van der Waals surface area contributed by atoms with E-state index in [2.05, 4.69) is 10.2 Å². The molecule has 6 nitrogen and oxygen atoms in total. The number of thioether (sulfide) groups is 1. The maximum atomic E-state index is 13.9. The molecule has 0 aliphatic carbocycles. The standard InChI is InChI=1S/C17H16FN3O3S2/c1-21-16(14-9-5-6-10-15(14)18)19-20-17(21)25-11-12-26(22,23)24-13-7-3-2-4-8-13/h2-10H,11-12H2,1H3. The molecule has 0 aliphatic rings. The Kier molecular flexibility index (Phi) is 5.58. The van der Waals surface area contributed by atoms with E-state index in [9.17, 15) is 12.8 Å². The van der Waals surface area contributed by atoms with E-state index in [0.29, 0.717) is 16.5 Å². The van der Waals surface area contributed by atoms with Crippen LogP contribution >= 0.6 is 11.8 Å². The highest BCUT2D eigenvalue weighted by Crippen LogP contribution is 2.24. The highest BCUT2D eigenvalue weighted by Gasteiger charge is 2.17. The van der Waals surface area contributed by atoms with Crippen LogP contribution in [0.15, 0.2) is 59.8 Å². The normalized spacial score (nSPS) is 11.5. The van der Waals surface area contributed by atoms with Crippen molar-refractivity contribution in [3.8, 4) is 17.1 Å². The molecule has 0 spiro atoms. The summed E-state index contributed by atoms with van der Waals surface area (Å²) >= 11 is 1.21. The van der Waals surface area contributed by atoms with Gasteiger partial charge in [0.15, 0.2) is 11.0 Å². The minimum Gasteiger partial charge on any atom is -0.382 e. The molecule has 2 aromatic carbocycles. The van der Waals surface area contributed by atoms with Crippen LogP contribution in [0.5, 0.6) is 5.75 Å². The number of hydrogen-bond donors (Lipinski definition) is 0. The first-order valence-electron chi connectivity index (χ1n) is 7.70. The van der Waals surface area contributed by atoms with Crippen LogP contribution < -0.4 is 4.18 Å². The molecular formula is C17H16FN3O3S2. The van der Waals surface area contributed by atoms with Gasteiger partial charge in [-0.1, -0.05) is 42.1 Å². The minimum atomic E-state index is -3.71. The van der Waals surface area contributed by atoms with Gasteiger partial charge >= 0.3 is 10.1 Å². The van der Waals surface area contributed by atoms with Gasteiger partial charge in [-0.25, -0.2) is 4.39 Å². The molecule has 0 aliphatic heterocycles. The number of rotatable bonds is 7. The van der Waals surface area contributed by atoms with Crippen molar-refractivity contribution < 1.29 is 17.0 Å². The van der Waals surface area contributed by atoms with E-state index in [1.807, 2.05) is 0 Å². The number of halogens is 1. The molecule has 0 N–H and O–H groups in total. The number of aromatic nitrogens is 3. The molecule has 3 aromatic rings. The molecule has 1 aromatic heterocycles. The Hall–Kier alpha value is -2.39. The molecule has 0 fully saturated rings. The lowest BCUT2D eigenvalue weighted by Crippen LogP contribution is -2.15. The van der Waals surface area contributed by atoms with Gasteiger partial charge in [-0.3, -0.25) is 0 Å². The Balaban J connectivity index is 1.63. The van der Waals surface area contributed by atoms with Crippen LogP contribution in [0, 0.1) is 5.82 Å². The van der Waals surface area contributed by atoms with E-state index in [1.54, 1.807) is 60.1 Å². The van der Waals surface area contributed by atoms with Gasteiger partial charge in [0.2, 0.25) is 0 Å². The smallest absolute Gasteiger partial charge is 0.310 e. The highest BCUT2D eigenvalue weighted by molar-refractivity contribution is 8.00. The fourth-order valence-electron chi connectivity index (χ4n) is 2.22. The van der Waals surface area contributed by atoms with Crippen molar-refractivity contribution in [1.82, 2.24) is 14.8 Å². The zero-order valence-corrected chi connectivity index (χ0v) is 15.5. The van der Waals surface area contributed by atoms with Crippen LogP contribution in [0.3, 0.4) is 0 Å². The lowest BCUT2D eigenvalue weighted by Gasteiger charge is -2.07. The maximum absolute atomic E-state index is 13.9. The molecule has 26 heavy (non-hydrogen) atoms. The fraction of sp³-hybridized carbons (Fsp3) is 0.176. The first-order chi connectivity index (χ1) is 12.5. The second-order valence-corrected chi connectivity index (χ2v) is 8.10. The lowest BCUT2D eigenvalue weighted by atomic mass is 10.2. The quantitative estimate of drug-likeness (QED) is 0.454. The van der Waals surface area contributed by atoms with Crippen LogP contribution in [0.25, 0.3) is 11.4 Å². The van der Waals surface area contributed by atoms with Crippen molar-refractivity contribution in [2.45, 2.75) is 5.16 Å². The summed E-state index contributed by atoms with van der Waals surface area (Å²) in [6, 6.07) is 14.6. The minimum absolute atomic E-state index is 0.186. The Morgan fingerprint density at radius 2 is 1.77 bits per heavy atom. The van der Waals surface area contributed by atoms with Crippen molar-refractivity contribution in [2.75, 3.05) is 11.5 Å². The van der Waals surface area contributed by atoms with E-state index in [-0.39, 0.29) is 17.3 Å². The van der Waals surface area contributed by atoms with Crippen LogP contribution in [0.2, 0.25) is 0 Å². The van der Waals surface area contributed by atoms with Gasteiger partial charge in [-0.2, -0.15) is 8.42 Å². The molecule has 136 valence electrons. The summed E-state index contributed by atoms with van der Waals surface area (Å²) in [6.07, 6.45) is 0. The molecule has 3 rings (SSSR count). The van der Waals surface area contributed by atoms with E-state index in [1.165, 1.54) is 17.8 Å². The average Bonchev–Trinajstić information content (AvgIpc) is 2.96. The molecule has 0 saturated heterocycles. The third-order valence-electron chi connectivity index (χ3n) is 3.48. The average molecular weight is 393 g/mol. The van der Waals surface area contributed by atoms with Gasteiger partial charge in [0.05, 0.1) is 11.3 Å². The molecule has 9 heteroatoms. The topological polar surface area (TPSA) is 74.1 Å². The van der Waals surface area contributed by atoms with Crippen molar-refractivity contribution in [2.24, 2.45) is 7.05 Å². The van der Waals surface area contributed by atoms with Gasteiger partial charge in [0.1, 0.15) is 11.6 Å². The van der Waals surface area contributed by atoms with Gasteiger partial charge in [0.25, 0.3) is 0 Å². The molecule has 0 atom stereocenters. The number of hydrogen-bond acceptors (Lipinski definition) is 6. The first-order valence-corrected chi connectivity index (χ1v) is 10.3. The van der Waals surface area contributed by atoms with Crippen LogP contribution in [0.1, 0.15) is 0 Å². The Morgan fingerprint density at radius 1 is 1.08 bits per heavy atom. The lowest BCUT2D eigenvalue weighted by molar-refractivity contribution is 0.488. The van der Waals surface area contributed by atoms with Gasteiger partial charge in [-0.05, 0) is 24.3 Å². The summed E-state index contributed by atoms with van der Waals surface area (Å²) in [4.78, 5) is 0. The van der Waals surface area contributed by atoms with E-state index in [4.69, 9.17) is 4.18 Å². The summed E-state index contributed by atoms with van der Waals surface area (Å²) in [5.41, 5.74) is 0.342. The van der Waals surface area contributed by atoms with Gasteiger partial charge in [0, 0.05) is 12.8 Å². The van der Waals surface area contributed by atoms with Crippen molar-refractivity contribution in [1.29, 1.82) is 0 Å². The SMILES string of the molecule is Cn1c(SCCS(=O)(=O)Oc2ccccc2)nnc1-c1ccccc1F.